The maximum atomic E-state index is 12.7. The molecule has 260 valence electrons. The zero-order valence-electron chi connectivity index (χ0n) is 27.1. The largest absolute Gasteiger partial charge is 0.396 e. The van der Waals surface area contributed by atoms with Gasteiger partial charge in [0.05, 0.1) is 24.6 Å². The minimum atomic E-state index is -3.27. The van der Waals surface area contributed by atoms with Gasteiger partial charge in [0, 0.05) is 122 Å². The van der Waals surface area contributed by atoms with E-state index in [1.54, 1.807) is 0 Å². The second-order valence-corrected chi connectivity index (χ2v) is 19.0. The highest BCUT2D eigenvalue weighted by atomic mass is 31.2. The molecule has 0 aromatic rings. The van der Waals surface area contributed by atoms with Gasteiger partial charge in [0.1, 0.15) is 0 Å². The van der Waals surface area contributed by atoms with Crippen LogP contribution in [-0.2, 0) is 54.5 Å². The quantitative estimate of drug-likeness (QED) is 0.112. The lowest BCUT2D eigenvalue weighted by Gasteiger charge is -2.31. The molecule has 1 N–H and O–H groups in total. The van der Waals surface area contributed by atoms with Gasteiger partial charge in [-0.2, -0.15) is 0 Å². The average molecular weight is 706 g/mol. The Balaban J connectivity index is 5.66. The van der Waals surface area contributed by atoms with Gasteiger partial charge in [-0.15, -0.1) is 0 Å². The summed E-state index contributed by atoms with van der Waals surface area (Å²) in [6, 6.07) is 0. The fourth-order valence-corrected chi connectivity index (χ4v) is 8.12. The first-order chi connectivity index (χ1) is 20.3. The van der Waals surface area contributed by atoms with Crippen LogP contribution >= 0.6 is 30.4 Å². The number of nitrogens with zero attached hydrogens (tertiary/aromatic N) is 3. The molecule has 0 aliphatic carbocycles. The van der Waals surface area contributed by atoms with Gasteiger partial charge < -0.3 is 56.0 Å². The topological polar surface area (TPSA) is 172 Å². The van der Waals surface area contributed by atoms with Crippen LogP contribution in [0, 0.1) is 0 Å². The number of rotatable bonds is 29. The first-order valence-electron chi connectivity index (χ1n) is 13.9. The molecule has 0 aliphatic rings. The van der Waals surface area contributed by atoms with E-state index >= 15 is 0 Å². The predicted molar refractivity (Wildman–Crippen MR) is 167 cm³/mol. The SMILES string of the molecule is COP(=O)(CCN(CCN(CCCO)CCN(CCP(=O)(OC)OC)CCP(=O)(OC)OC)CCP(=O)(OC)OC)OC. The summed E-state index contributed by atoms with van der Waals surface area (Å²) < 4.78 is 91.4. The van der Waals surface area contributed by atoms with Gasteiger partial charge in [0.2, 0.25) is 0 Å². The average Bonchev–Trinajstić information content (AvgIpc) is 3.04. The molecule has 0 saturated carbocycles. The molecule has 0 aromatic carbocycles. The molecule has 0 aromatic heterocycles. The standard InChI is InChI=1S/C23H55N3O13P4/c1-32-40(28,33-2)20-15-25(16-21-41(29,34-3)35-4)13-11-24(10-9-19-27)12-14-26(17-22-42(30,36-5)37-6)18-23-43(31,38-7)39-8/h27H,9-23H2,1-8H3. The van der Waals surface area contributed by atoms with Crippen LogP contribution in [0.3, 0.4) is 0 Å². The first kappa shape index (κ1) is 43.4. The van der Waals surface area contributed by atoms with Gasteiger partial charge in [-0.1, -0.05) is 0 Å². The molecule has 43 heavy (non-hydrogen) atoms. The predicted octanol–water partition coefficient (Wildman–Crippen LogP) is 3.22. The van der Waals surface area contributed by atoms with Gasteiger partial charge in [0.15, 0.2) is 0 Å². The monoisotopic (exact) mass is 705 g/mol. The summed E-state index contributed by atoms with van der Waals surface area (Å²) in [5, 5.41) is 9.50. The van der Waals surface area contributed by atoms with Crippen molar-refractivity contribution in [3.63, 3.8) is 0 Å². The highest BCUT2D eigenvalue weighted by Crippen LogP contribution is 2.48. The summed E-state index contributed by atoms with van der Waals surface area (Å²) in [6.45, 7) is 4.13. The van der Waals surface area contributed by atoms with Gasteiger partial charge in [-0.05, 0) is 6.42 Å². The minimum absolute atomic E-state index is 0.00929. The maximum Gasteiger partial charge on any atom is 0.331 e. The summed E-state index contributed by atoms with van der Waals surface area (Å²) in [6.07, 6.45) is 1.06. The van der Waals surface area contributed by atoms with Crippen LogP contribution in [0.4, 0.5) is 0 Å². The summed E-state index contributed by atoms with van der Waals surface area (Å²) in [5.41, 5.74) is 0. The summed E-state index contributed by atoms with van der Waals surface area (Å²) in [7, 11) is -2.44. The fraction of sp³-hybridized carbons (Fsp3) is 1.00. The molecule has 0 unspecified atom stereocenters. The van der Waals surface area contributed by atoms with E-state index < -0.39 is 30.4 Å². The smallest absolute Gasteiger partial charge is 0.331 e. The molecule has 0 fully saturated rings. The van der Waals surface area contributed by atoms with Crippen molar-refractivity contribution in [1.82, 2.24) is 14.7 Å². The molecular formula is C23H55N3O13P4. The summed E-state index contributed by atoms with van der Waals surface area (Å²) in [5.74, 6) is 0. The van der Waals surface area contributed by atoms with Crippen LogP contribution in [0.1, 0.15) is 6.42 Å². The van der Waals surface area contributed by atoms with Gasteiger partial charge >= 0.3 is 30.4 Å². The highest BCUT2D eigenvalue weighted by Gasteiger charge is 2.28. The van der Waals surface area contributed by atoms with Crippen molar-refractivity contribution in [2.24, 2.45) is 0 Å². The lowest BCUT2D eigenvalue weighted by molar-refractivity contribution is 0.168. The Morgan fingerprint density at radius 1 is 0.395 bits per heavy atom. The zero-order valence-corrected chi connectivity index (χ0v) is 30.7. The van der Waals surface area contributed by atoms with E-state index in [1.807, 2.05) is 9.80 Å². The van der Waals surface area contributed by atoms with Crippen LogP contribution in [0.5, 0.6) is 0 Å². The number of hydrogen-bond acceptors (Lipinski definition) is 16. The Morgan fingerprint density at radius 2 is 0.605 bits per heavy atom. The van der Waals surface area contributed by atoms with Crippen LogP contribution < -0.4 is 0 Å². The number of aliphatic hydroxyl groups is 1. The third kappa shape index (κ3) is 17.8. The lowest BCUT2D eigenvalue weighted by atomic mass is 10.3. The number of aliphatic hydroxyl groups excluding tert-OH is 1. The Labute approximate surface area is 258 Å². The van der Waals surface area contributed by atoms with E-state index in [1.165, 1.54) is 56.9 Å². The van der Waals surface area contributed by atoms with Crippen molar-refractivity contribution in [3.05, 3.63) is 0 Å². The van der Waals surface area contributed by atoms with Crippen molar-refractivity contribution in [3.8, 4) is 0 Å². The molecule has 20 heteroatoms. The van der Waals surface area contributed by atoms with E-state index in [-0.39, 0.29) is 31.3 Å². The number of hydrogen-bond donors (Lipinski definition) is 1. The summed E-state index contributed by atoms with van der Waals surface area (Å²) >= 11 is 0. The molecule has 0 bridgehead atoms. The third-order valence-corrected chi connectivity index (χ3v) is 14.5. The first-order valence-corrected chi connectivity index (χ1v) is 20.8. The Hall–Kier alpha value is 0.440. The fourth-order valence-electron chi connectivity index (χ4n) is 3.95. The Kier molecular flexibility index (Phi) is 23.1. The third-order valence-electron chi connectivity index (χ3n) is 7.08. The normalized spacial score (nSPS) is 13.6. The second-order valence-electron chi connectivity index (χ2n) is 9.40. The molecule has 0 rings (SSSR count). The molecular weight excluding hydrogens is 650 g/mol. The molecule has 0 atom stereocenters. The molecule has 0 radical (unpaired) electrons. The molecule has 0 heterocycles. The molecule has 16 nitrogen and oxygen atoms in total. The van der Waals surface area contributed by atoms with Crippen LogP contribution in [-0.4, -0.2) is 167 Å². The van der Waals surface area contributed by atoms with Crippen molar-refractivity contribution < 1.29 is 59.6 Å². The van der Waals surface area contributed by atoms with Crippen molar-refractivity contribution in [2.45, 2.75) is 6.42 Å². The van der Waals surface area contributed by atoms with Gasteiger partial charge in [-0.3, -0.25) is 18.3 Å². The lowest BCUT2D eigenvalue weighted by Crippen LogP contribution is -2.42. The Bertz CT molecular complexity index is 773. The van der Waals surface area contributed by atoms with E-state index in [0.29, 0.717) is 65.3 Å². The minimum Gasteiger partial charge on any atom is -0.396 e. The molecule has 0 aliphatic heterocycles. The molecule has 0 saturated heterocycles. The van der Waals surface area contributed by atoms with Crippen molar-refractivity contribution >= 4 is 30.4 Å². The summed E-state index contributed by atoms with van der Waals surface area (Å²) in [4.78, 5) is 6.12. The zero-order chi connectivity index (χ0) is 33.0. The molecule has 0 spiro atoms. The van der Waals surface area contributed by atoms with Crippen LogP contribution in [0.25, 0.3) is 0 Å². The highest BCUT2D eigenvalue weighted by molar-refractivity contribution is 7.54. The maximum absolute atomic E-state index is 12.7. The van der Waals surface area contributed by atoms with Crippen molar-refractivity contribution in [2.75, 3.05) is 147 Å². The van der Waals surface area contributed by atoms with E-state index in [4.69, 9.17) is 36.2 Å². The van der Waals surface area contributed by atoms with E-state index in [0.717, 1.165) is 0 Å². The van der Waals surface area contributed by atoms with Crippen molar-refractivity contribution in [1.29, 1.82) is 0 Å². The van der Waals surface area contributed by atoms with Crippen LogP contribution in [0.2, 0.25) is 0 Å². The van der Waals surface area contributed by atoms with E-state index in [9.17, 15) is 23.4 Å². The molecule has 0 amide bonds. The van der Waals surface area contributed by atoms with Gasteiger partial charge in [0.25, 0.3) is 0 Å². The Morgan fingerprint density at radius 3 is 0.791 bits per heavy atom. The van der Waals surface area contributed by atoms with E-state index in [2.05, 4.69) is 4.90 Å². The van der Waals surface area contributed by atoms with Gasteiger partial charge in [-0.25, -0.2) is 0 Å². The van der Waals surface area contributed by atoms with Crippen LogP contribution in [0.15, 0.2) is 0 Å². The second kappa shape index (κ2) is 22.9.